The highest BCUT2D eigenvalue weighted by atomic mass is 35.5. The summed E-state index contributed by atoms with van der Waals surface area (Å²) in [5, 5.41) is 3.43. The average molecular weight is 305 g/mol. The maximum Gasteiger partial charge on any atom is 0.100 e. The van der Waals surface area contributed by atoms with Crippen LogP contribution in [0.3, 0.4) is 0 Å². The van der Waals surface area contributed by atoms with Crippen LogP contribution in [0.2, 0.25) is 15.1 Å². The fourth-order valence-electron chi connectivity index (χ4n) is 1.30. The first kappa shape index (κ1) is 12.9. The molecule has 0 N–H and O–H groups in total. The van der Waals surface area contributed by atoms with Gasteiger partial charge in [0.1, 0.15) is 5.69 Å². The van der Waals surface area contributed by atoms with Crippen LogP contribution in [-0.2, 0) is 0 Å². The molecular formula is C12H8Cl3NS. The molecule has 0 aliphatic carbocycles. The zero-order valence-corrected chi connectivity index (χ0v) is 12.0. The van der Waals surface area contributed by atoms with Gasteiger partial charge in [-0.25, -0.2) is 0 Å². The van der Waals surface area contributed by atoms with Crippen molar-refractivity contribution in [3.8, 4) is 0 Å². The predicted molar refractivity (Wildman–Crippen MR) is 77.8 cm³/mol. The third-order valence-corrected chi connectivity index (χ3v) is 3.94. The zero-order valence-electron chi connectivity index (χ0n) is 8.88. The molecule has 0 aliphatic heterocycles. The van der Waals surface area contributed by atoms with Crippen LogP contribution in [0.5, 0.6) is 0 Å². The second-order valence-electron chi connectivity index (χ2n) is 3.44. The van der Waals surface area contributed by atoms with Crippen molar-refractivity contribution in [2.75, 3.05) is 0 Å². The van der Waals surface area contributed by atoms with Crippen LogP contribution >= 0.6 is 46.1 Å². The Bertz CT molecular complexity index is 552. The zero-order chi connectivity index (χ0) is 12.4. The van der Waals surface area contributed by atoms with Gasteiger partial charge < -0.3 is 0 Å². The number of thiophene rings is 1. The van der Waals surface area contributed by atoms with Crippen LogP contribution in [0.25, 0.3) is 0 Å². The highest BCUT2D eigenvalue weighted by Crippen LogP contribution is 2.36. The van der Waals surface area contributed by atoms with Crippen LogP contribution in [-0.4, -0.2) is 6.21 Å². The van der Waals surface area contributed by atoms with Gasteiger partial charge in [-0.05, 0) is 36.1 Å². The number of hydrogen-bond donors (Lipinski definition) is 0. The fraction of sp³-hybridized carbons (Fsp3) is 0.0833. The molecule has 0 bridgehead atoms. The molecule has 88 valence electrons. The van der Waals surface area contributed by atoms with Crippen molar-refractivity contribution >= 4 is 58.0 Å². The van der Waals surface area contributed by atoms with Crippen LogP contribution in [0.15, 0.2) is 28.6 Å². The summed E-state index contributed by atoms with van der Waals surface area (Å²) >= 11 is 19.5. The Morgan fingerprint density at radius 1 is 1.18 bits per heavy atom. The van der Waals surface area contributed by atoms with E-state index in [4.69, 9.17) is 34.8 Å². The summed E-state index contributed by atoms with van der Waals surface area (Å²) in [6, 6.07) is 5.29. The standard InChI is InChI=1S/C12H8Cl3NS/c1-7-2-3-17-11(7)6-16-12-9(14)4-8(13)5-10(12)15/h2-6H,1H3. The van der Waals surface area contributed by atoms with E-state index in [1.54, 1.807) is 29.7 Å². The second kappa shape index (κ2) is 5.40. The van der Waals surface area contributed by atoms with Crippen molar-refractivity contribution in [2.24, 2.45) is 4.99 Å². The molecule has 17 heavy (non-hydrogen) atoms. The van der Waals surface area contributed by atoms with Gasteiger partial charge in [0.25, 0.3) is 0 Å². The SMILES string of the molecule is Cc1ccsc1C=Nc1c(Cl)cc(Cl)cc1Cl. The van der Waals surface area contributed by atoms with Crippen LogP contribution in [0.4, 0.5) is 5.69 Å². The van der Waals surface area contributed by atoms with Crippen molar-refractivity contribution in [3.05, 3.63) is 49.1 Å². The number of nitrogens with zero attached hydrogens (tertiary/aromatic N) is 1. The van der Waals surface area contributed by atoms with Crippen molar-refractivity contribution in [1.82, 2.24) is 0 Å². The van der Waals surface area contributed by atoms with Gasteiger partial charge in [-0.3, -0.25) is 4.99 Å². The van der Waals surface area contributed by atoms with Gasteiger partial charge in [0, 0.05) is 16.1 Å². The van der Waals surface area contributed by atoms with Gasteiger partial charge >= 0.3 is 0 Å². The minimum atomic E-state index is 0.452. The normalized spacial score (nSPS) is 11.3. The maximum atomic E-state index is 6.04. The molecule has 0 fully saturated rings. The Hall–Kier alpha value is -0.540. The average Bonchev–Trinajstić information content (AvgIpc) is 2.62. The molecule has 1 aromatic heterocycles. The lowest BCUT2D eigenvalue weighted by Crippen LogP contribution is -1.79. The molecule has 0 saturated carbocycles. The van der Waals surface area contributed by atoms with Crippen LogP contribution in [0, 0.1) is 6.92 Å². The highest BCUT2D eigenvalue weighted by molar-refractivity contribution is 7.11. The molecule has 0 aliphatic rings. The molecule has 0 unspecified atom stereocenters. The molecule has 0 radical (unpaired) electrons. The summed E-state index contributed by atoms with van der Waals surface area (Å²) in [6.45, 7) is 2.03. The molecule has 5 heteroatoms. The van der Waals surface area contributed by atoms with E-state index in [9.17, 15) is 0 Å². The minimum Gasteiger partial charge on any atom is -0.252 e. The van der Waals surface area contributed by atoms with Crippen molar-refractivity contribution in [1.29, 1.82) is 0 Å². The van der Waals surface area contributed by atoms with Gasteiger partial charge in [0.05, 0.1) is 10.0 Å². The van der Waals surface area contributed by atoms with Gasteiger partial charge in [0.2, 0.25) is 0 Å². The van der Waals surface area contributed by atoms with Gasteiger partial charge in [-0.2, -0.15) is 0 Å². The number of rotatable bonds is 2. The number of benzene rings is 1. The molecule has 1 nitrogen and oxygen atoms in total. The van der Waals surface area contributed by atoms with E-state index in [-0.39, 0.29) is 0 Å². The van der Waals surface area contributed by atoms with E-state index in [1.807, 2.05) is 18.4 Å². The summed E-state index contributed by atoms with van der Waals surface area (Å²) < 4.78 is 0. The Balaban J connectivity index is 2.37. The third-order valence-electron chi connectivity index (χ3n) is 2.19. The smallest absolute Gasteiger partial charge is 0.100 e. The summed E-state index contributed by atoms with van der Waals surface area (Å²) in [4.78, 5) is 5.40. The minimum absolute atomic E-state index is 0.452. The summed E-state index contributed by atoms with van der Waals surface area (Å²) in [6.07, 6.45) is 1.76. The predicted octanol–water partition coefficient (Wildman–Crippen LogP) is 5.77. The topological polar surface area (TPSA) is 12.4 Å². The van der Waals surface area contributed by atoms with Gasteiger partial charge in [0.15, 0.2) is 0 Å². The first-order valence-corrected chi connectivity index (χ1v) is 6.82. The van der Waals surface area contributed by atoms with E-state index in [1.165, 1.54) is 5.56 Å². The van der Waals surface area contributed by atoms with Crippen molar-refractivity contribution in [3.63, 3.8) is 0 Å². The fourth-order valence-corrected chi connectivity index (χ4v) is 3.00. The van der Waals surface area contributed by atoms with E-state index >= 15 is 0 Å². The van der Waals surface area contributed by atoms with Crippen molar-refractivity contribution < 1.29 is 0 Å². The molecule has 2 rings (SSSR count). The summed E-state index contributed by atoms with van der Waals surface area (Å²) in [7, 11) is 0. The molecule has 0 saturated heterocycles. The Morgan fingerprint density at radius 3 is 2.35 bits per heavy atom. The third kappa shape index (κ3) is 3.02. The first-order valence-electron chi connectivity index (χ1n) is 4.80. The Kier molecular flexibility index (Phi) is 4.10. The maximum absolute atomic E-state index is 6.04. The number of halogens is 3. The van der Waals surface area contributed by atoms with Gasteiger partial charge in [-0.1, -0.05) is 34.8 Å². The summed E-state index contributed by atoms with van der Waals surface area (Å²) in [5.41, 5.74) is 1.73. The first-order chi connectivity index (χ1) is 8.08. The lowest BCUT2D eigenvalue weighted by molar-refractivity contribution is 1.50. The van der Waals surface area contributed by atoms with E-state index in [0.29, 0.717) is 20.8 Å². The summed E-state index contributed by atoms with van der Waals surface area (Å²) in [5.74, 6) is 0. The molecule has 1 aromatic carbocycles. The quantitative estimate of drug-likeness (QED) is 0.625. The van der Waals surface area contributed by atoms with E-state index in [0.717, 1.165) is 4.88 Å². The monoisotopic (exact) mass is 303 g/mol. The largest absolute Gasteiger partial charge is 0.252 e. The molecular weight excluding hydrogens is 297 g/mol. The lowest BCUT2D eigenvalue weighted by atomic mass is 10.3. The number of aryl methyl sites for hydroxylation is 1. The van der Waals surface area contributed by atoms with E-state index < -0.39 is 0 Å². The Labute approximate surface area is 119 Å². The van der Waals surface area contributed by atoms with Crippen LogP contribution in [0.1, 0.15) is 10.4 Å². The van der Waals surface area contributed by atoms with Crippen LogP contribution < -0.4 is 0 Å². The molecule has 2 aromatic rings. The van der Waals surface area contributed by atoms with Gasteiger partial charge in [-0.15, -0.1) is 11.3 Å². The Morgan fingerprint density at radius 2 is 1.82 bits per heavy atom. The molecule has 0 spiro atoms. The lowest BCUT2D eigenvalue weighted by Gasteiger charge is -2.01. The second-order valence-corrected chi connectivity index (χ2v) is 5.64. The number of hydrogen-bond acceptors (Lipinski definition) is 2. The highest BCUT2D eigenvalue weighted by Gasteiger charge is 2.06. The molecule has 1 heterocycles. The molecule has 0 atom stereocenters. The molecule has 0 amide bonds. The number of aliphatic imine (C=N–C) groups is 1. The van der Waals surface area contributed by atoms with E-state index in [2.05, 4.69) is 4.99 Å². The van der Waals surface area contributed by atoms with Crippen molar-refractivity contribution in [2.45, 2.75) is 6.92 Å².